The molecular formula is C15H15ClN4O2. The Morgan fingerprint density at radius 1 is 1.36 bits per heavy atom. The molecule has 1 aromatic carbocycles. The summed E-state index contributed by atoms with van der Waals surface area (Å²) in [6.45, 7) is 1.76. The van der Waals surface area contributed by atoms with E-state index in [0.29, 0.717) is 30.3 Å². The standard InChI is InChI=1S/C15H15ClN4O2/c16-12-4-2-1-3-11(12)15(21)19-6-5-14-13(8-19)20-10(9-22-14)7-17-18-20/h1-4,7,13-14H,5-6,8-9H2/t13-,14+/m1/s1. The van der Waals surface area contributed by atoms with Crippen molar-refractivity contribution in [1.29, 1.82) is 0 Å². The van der Waals surface area contributed by atoms with Crippen LogP contribution < -0.4 is 0 Å². The number of amides is 1. The van der Waals surface area contributed by atoms with Gasteiger partial charge in [0.25, 0.3) is 5.91 Å². The number of carbonyl (C=O) groups is 1. The van der Waals surface area contributed by atoms with Gasteiger partial charge in [0.15, 0.2) is 0 Å². The summed E-state index contributed by atoms with van der Waals surface area (Å²) >= 11 is 6.14. The summed E-state index contributed by atoms with van der Waals surface area (Å²) in [5, 5.41) is 8.58. The molecule has 0 unspecified atom stereocenters. The Hall–Kier alpha value is -1.92. The minimum Gasteiger partial charge on any atom is -0.370 e. The summed E-state index contributed by atoms with van der Waals surface area (Å²) in [7, 11) is 0. The van der Waals surface area contributed by atoms with Gasteiger partial charge in [0.2, 0.25) is 0 Å². The van der Waals surface area contributed by atoms with Gasteiger partial charge < -0.3 is 9.64 Å². The number of hydrogen-bond acceptors (Lipinski definition) is 4. The molecular weight excluding hydrogens is 304 g/mol. The molecule has 1 fully saturated rings. The first-order chi connectivity index (χ1) is 10.7. The van der Waals surface area contributed by atoms with Crippen LogP contribution in [0.1, 0.15) is 28.5 Å². The van der Waals surface area contributed by atoms with Crippen molar-refractivity contribution >= 4 is 17.5 Å². The molecule has 2 aromatic rings. The van der Waals surface area contributed by atoms with Crippen molar-refractivity contribution in [3.05, 3.63) is 46.7 Å². The van der Waals surface area contributed by atoms with Gasteiger partial charge >= 0.3 is 0 Å². The second-order valence-corrected chi connectivity index (χ2v) is 6.01. The number of piperidine rings is 1. The second kappa shape index (κ2) is 5.37. The van der Waals surface area contributed by atoms with Crippen molar-refractivity contribution in [2.24, 2.45) is 0 Å². The van der Waals surface area contributed by atoms with E-state index in [2.05, 4.69) is 10.3 Å². The molecule has 1 saturated heterocycles. The normalized spacial score (nSPS) is 23.8. The molecule has 6 nitrogen and oxygen atoms in total. The fraction of sp³-hybridized carbons (Fsp3) is 0.400. The molecule has 0 spiro atoms. The van der Waals surface area contributed by atoms with E-state index in [1.807, 2.05) is 21.7 Å². The average molecular weight is 319 g/mol. The largest absolute Gasteiger partial charge is 0.370 e. The first kappa shape index (κ1) is 13.7. The Balaban J connectivity index is 1.59. The van der Waals surface area contributed by atoms with Gasteiger partial charge in [0, 0.05) is 13.1 Å². The quantitative estimate of drug-likeness (QED) is 0.806. The van der Waals surface area contributed by atoms with E-state index in [0.717, 1.165) is 12.1 Å². The number of benzene rings is 1. The molecule has 114 valence electrons. The average Bonchev–Trinajstić information content (AvgIpc) is 3.03. The van der Waals surface area contributed by atoms with Crippen LogP contribution in [-0.2, 0) is 11.3 Å². The number of rotatable bonds is 1. The third-order valence-corrected chi connectivity index (χ3v) is 4.65. The molecule has 1 amide bonds. The van der Waals surface area contributed by atoms with Crippen LogP contribution in [0.3, 0.4) is 0 Å². The molecule has 0 bridgehead atoms. The maximum Gasteiger partial charge on any atom is 0.255 e. The zero-order chi connectivity index (χ0) is 15.1. The van der Waals surface area contributed by atoms with Crippen molar-refractivity contribution in [2.75, 3.05) is 13.1 Å². The molecule has 0 saturated carbocycles. The van der Waals surface area contributed by atoms with Gasteiger partial charge in [-0.15, -0.1) is 5.10 Å². The summed E-state index contributed by atoms with van der Waals surface area (Å²) in [4.78, 5) is 14.5. The van der Waals surface area contributed by atoms with Gasteiger partial charge in [0.05, 0.1) is 41.2 Å². The SMILES string of the molecule is O=C(c1ccccc1Cl)N1CC[C@@H]2OCc3cnnn3[C@@H]2C1. The highest BCUT2D eigenvalue weighted by Gasteiger charge is 2.38. The number of likely N-dealkylation sites (tertiary alicyclic amines) is 1. The predicted molar refractivity (Wildman–Crippen MR) is 79.6 cm³/mol. The van der Waals surface area contributed by atoms with E-state index in [4.69, 9.17) is 16.3 Å². The molecule has 2 atom stereocenters. The Morgan fingerprint density at radius 2 is 2.23 bits per heavy atom. The number of ether oxygens (including phenoxy) is 1. The molecule has 22 heavy (non-hydrogen) atoms. The van der Waals surface area contributed by atoms with Gasteiger partial charge in [-0.2, -0.15) is 0 Å². The summed E-state index contributed by atoms with van der Waals surface area (Å²) in [5.74, 6) is -0.0451. The fourth-order valence-electron chi connectivity index (χ4n) is 3.17. The molecule has 7 heteroatoms. The number of aromatic nitrogens is 3. The van der Waals surface area contributed by atoms with Crippen LogP contribution in [0.4, 0.5) is 0 Å². The summed E-state index contributed by atoms with van der Waals surface area (Å²) in [6, 6.07) is 7.16. The first-order valence-corrected chi connectivity index (χ1v) is 7.66. The van der Waals surface area contributed by atoms with E-state index in [1.165, 1.54) is 0 Å². The van der Waals surface area contributed by atoms with E-state index < -0.39 is 0 Å². The van der Waals surface area contributed by atoms with Crippen molar-refractivity contribution in [3.63, 3.8) is 0 Å². The number of fused-ring (bicyclic) bond motifs is 3. The maximum atomic E-state index is 12.7. The molecule has 4 rings (SSSR count). The molecule has 2 aliphatic heterocycles. The van der Waals surface area contributed by atoms with Crippen molar-refractivity contribution < 1.29 is 9.53 Å². The molecule has 3 heterocycles. The van der Waals surface area contributed by atoms with Crippen LogP contribution in [0.25, 0.3) is 0 Å². The summed E-state index contributed by atoms with van der Waals surface area (Å²) in [6.07, 6.45) is 2.59. The lowest BCUT2D eigenvalue weighted by molar-refractivity contribution is -0.0605. The third kappa shape index (κ3) is 2.19. The zero-order valence-electron chi connectivity index (χ0n) is 11.9. The lowest BCUT2D eigenvalue weighted by atomic mass is 9.99. The van der Waals surface area contributed by atoms with Gasteiger partial charge in [-0.25, -0.2) is 4.68 Å². The van der Waals surface area contributed by atoms with Crippen molar-refractivity contribution in [2.45, 2.75) is 25.2 Å². The van der Waals surface area contributed by atoms with Gasteiger partial charge in [0.1, 0.15) is 0 Å². The van der Waals surface area contributed by atoms with Crippen LogP contribution in [0.15, 0.2) is 30.5 Å². The van der Waals surface area contributed by atoms with Crippen molar-refractivity contribution in [1.82, 2.24) is 19.9 Å². The minimum atomic E-state index is -0.0451. The second-order valence-electron chi connectivity index (χ2n) is 5.61. The lowest BCUT2D eigenvalue weighted by Crippen LogP contribution is -2.49. The maximum absolute atomic E-state index is 12.7. The molecule has 2 aliphatic rings. The highest BCUT2D eigenvalue weighted by molar-refractivity contribution is 6.33. The summed E-state index contributed by atoms with van der Waals surface area (Å²) < 4.78 is 7.75. The fourth-order valence-corrected chi connectivity index (χ4v) is 3.39. The van der Waals surface area contributed by atoms with Crippen molar-refractivity contribution in [3.8, 4) is 0 Å². The molecule has 0 N–H and O–H groups in total. The number of nitrogens with zero attached hydrogens (tertiary/aromatic N) is 4. The predicted octanol–water partition coefficient (Wildman–Crippen LogP) is 1.92. The Kier molecular flexibility index (Phi) is 3.35. The highest BCUT2D eigenvalue weighted by atomic mass is 35.5. The van der Waals surface area contributed by atoms with Gasteiger partial charge in [-0.1, -0.05) is 28.9 Å². The molecule has 1 aromatic heterocycles. The topological polar surface area (TPSA) is 60.3 Å². The smallest absolute Gasteiger partial charge is 0.255 e. The number of halogens is 1. The highest BCUT2D eigenvalue weighted by Crippen LogP contribution is 2.31. The summed E-state index contributed by atoms with van der Waals surface area (Å²) in [5.41, 5.74) is 1.49. The Bertz CT molecular complexity index is 717. The van der Waals surface area contributed by atoms with Crippen LogP contribution in [0, 0.1) is 0 Å². The van der Waals surface area contributed by atoms with Crippen LogP contribution in [-0.4, -0.2) is 45.0 Å². The lowest BCUT2D eigenvalue weighted by Gasteiger charge is -2.41. The number of carbonyl (C=O) groups excluding carboxylic acids is 1. The Morgan fingerprint density at radius 3 is 3.09 bits per heavy atom. The van der Waals surface area contributed by atoms with Gasteiger partial charge in [-0.05, 0) is 18.6 Å². The minimum absolute atomic E-state index is 0.0198. The van der Waals surface area contributed by atoms with Crippen LogP contribution in [0.2, 0.25) is 5.02 Å². The molecule has 0 aliphatic carbocycles. The Labute approximate surface area is 132 Å². The van der Waals surface area contributed by atoms with E-state index >= 15 is 0 Å². The van der Waals surface area contributed by atoms with E-state index in [9.17, 15) is 4.79 Å². The van der Waals surface area contributed by atoms with Crippen LogP contribution in [0.5, 0.6) is 0 Å². The zero-order valence-corrected chi connectivity index (χ0v) is 12.6. The van der Waals surface area contributed by atoms with E-state index in [1.54, 1.807) is 18.3 Å². The van der Waals surface area contributed by atoms with Gasteiger partial charge in [-0.3, -0.25) is 4.79 Å². The first-order valence-electron chi connectivity index (χ1n) is 7.28. The monoisotopic (exact) mass is 318 g/mol. The molecule has 0 radical (unpaired) electrons. The number of hydrogen-bond donors (Lipinski definition) is 0. The van der Waals surface area contributed by atoms with Crippen LogP contribution >= 0.6 is 11.6 Å². The third-order valence-electron chi connectivity index (χ3n) is 4.32. The van der Waals surface area contributed by atoms with E-state index in [-0.39, 0.29) is 18.1 Å².